The van der Waals surface area contributed by atoms with Crippen molar-refractivity contribution in [1.82, 2.24) is 5.16 Å². The second-order valence-electron chi connectivity index (χ2n) is 6.60. The number of aromatic nitrogens is 1. The molecule has 0 saturated carbocycles. The summed E-state index contributed by atoms with van der Waals surface area (Å²) in [5, 5.41) is 15.6. The van der Waals surface area contributed by atoms with E-state index in [0.717, 1.165) is 11.3 Å². The van der Waals surface area contributed by atoms with Crippen molar-refractivity contribution < 1.29 is 18.8 Å². The fourth-order valence-electron chi connectivity index (χ4n) is 2.67. The molecule has 1 heterocycles. The molecular weight excluding hydrogens is 462 g/mol. The SMILES string of the molecule is Cc1cc(NC(=O)/C(C#N)=C\c2ccc(OCCOc3ccccc3C)c(Br)c2)no1. The molecule has 3 rings (SSSR count). The monoisotopic (exact) mass is 481 g/mol. The third kappa shape index (κ3) is 6.20. The van der Waals surface area contributed by atoms with Crippen molar-refractivity contribution in [3.8, 4) is 17.6 Å². The number of halogens is 1. The van der Waals surface area contributed by atoms with Crippen molar-refractivity contribution in [3.05, 3.63) is 75.5 Å². The summed E-state index contributed by atoms with van der Waals surface area (Å²) in [5.74, 6) is 1.70. The predicted molar refractivity (Wildman–Crippen MR) is 120 cm³/mol. The van der Waals surface area contributed by atoms with E-state index in [2.05, 4.69) is 26.4 Å². The lowest BCUT2D eigenvalue weighted by Gasteiger charge is -2.11. The fraction of sp³-hybridized carbons (Fsp3) is 0.174. The Morgan fingerprint density at radius 1 is 1.16 bits per heavy atom. The van der Waals surface area contributed by atoms with E-state index in [9.17, 15) is 10.1 Å². The van der Waals surface area contributed by atoms with Gasteiger partial charge in [0, 0.05) is 6.07 Å². The van der Waals surface area contributed by atoms with Crippen LogP contribution in [0.4, 0.5) is 5.82 Å². The first-order chi connectivity index (χ1) is 15.0. The summed E-state index contributed by atoms with van der Waals surface area (Å²) < 4.78 is 17.1. The minimum Gasteiger partial charge on any atom is -0.490 e. The summed E-state index contributed by atoms with van der Waals surface area (Å²) in [4.78, 5) is 12.3. The van der Waals surface area contributed by atoms with Crippen LogP contribution in [0, 0.1) is 25.2 Å². The zero-order chi connectivity index (χ0) is 22.2. The Bertz CT molecular complexity index is 1150. The van der Waals surface area contributed by atoms with E-state index in [1.807, 2.05) is 37.3 Å². The van der Waals surface area contributed by atoms with Crippen LogP contribution in [-0.2, 0) is 4.79 Å². The van der Waals surface area contributed by atoms with E-state index in [1.54, 1.807) is 31.2 Å². The van der Waals surface area contributed by atoms with Gasteiger partial charge in [-0.3, -0.25) is 4.79 Å². The number of rotatable bonds is 8. The number of carbonyl (C=O) groups excluding carboxylic acids is 1. The maximum Gasteiger partial charge on any atom is 0.267 e. The average Bonchev–Trinajstić information content (AvgIpc) is 3.16. The van der Waals surface area contributed by atoms with Gasteiger partial charge in [0.2, 0.25) is 0 Å². The molecule has 0 bridgehead atoms. The molecule has 8 heteroatoms. The highest BCUT2D eigenvalue weighted by Crippen LogP contribution is 2.27. The van der Waals surface area contributed by atoms with Gasteiger partial charge in [-0.2, -0.15) is 5.26 Å². The summed E-state index contributed by atoms with van der Waals surface area (Å²) in [6.45, 7) is 4.46. The number of carbonyl (C=O) groups is 1. The Labute approximate surface area is 188 Å². The predicted octanol–water partition coefficient (Wildman–Crippen LogP) is 5.06. The number of benzene rings is 2. The van der Waals surface area contributed by atoms with E-state index in [4.69, 9.17) is 14.0 Å². The standard InChI is InChI=1S/C23H20BrN3O4/c1-15-5-3-4-6-20(15)29-9-10-30-21-8-7-17(13-19(21)24)12-18(14-25)23(28)26-22-11-16(2)31-27-22/h3-8,11-13H,9-10H2,1-2H3,(H,26,27,28)/b18-12-. The van der Waals surface area contributed by atoms with Crippen molar-refractivity contribution in [2.45, 2.75) is 13.8 Å². The van der Waals surface area contributed by atoms with Gasteiger partial charge in [0.25, 0.3) is 5.91 Å². The van der Waals surface area contributed by atoms with Gasteiger partial charge in [-0.15, -0.1) is 0 Å². The number of anilines is 1. The van der Waals surface area contributed by atoms with Crippen LogP contribution in [0.25, 0.3) is 6.08 Å². The first-order valence-electron chi connectivity index (χ1n) is 9.43. The highest BCUT2D eigenvalue weighted by molar-refractivity contribution is 9.10. The first kappa shape index (κ1) is 22.1. The number of aryl methyl sites for hydroxylation is 2. The zero-order valence-electron chi connectivity index (χ0n) is 17.0. The van der Waals surface area contributed by atoms with E-state index in [1.165, 1.54) is 6.08 Å². The van der Waals surface area contributed by atoms with Crippen LogP contribution in [0.5, 0.6) is 11.5 Å². The first-order valence-corrected chi connectivity index (χ1v) is 10.2. The second-order valence-corrected chi connectivity index (χ2v) is 7.45. The molecule has 1 aromatic heterocycles. The van der Waals surface area contributed by atoms with Crippen LogP contribution in [-0.4, -0.2) is 24.3 Å². The smallest absolute Gasteiger partial charge is 0.267 e. The lowest BCUT2D eigenvalue weighted by molar-refractivity contribution is -0.112. The number of nitrogens with one attached hydrogen (secondary N) is 1. The maximum atomic E-state index is 12.3. The molecule has 0 radical (unpaired) electrons. The van der Waals surface area contributed by atoms with Gasteiger partial charge in [0.15, 0.2) is 5.82 Å². The van der Waals surface area contributed by atoms with Crippen LogP contribution < -0.4 is 14.8 Å². The van der Waals surface area contributed by atoms with Gasteiger partial charge in [0.05, 0.1) is 4.47 Å². The molecule has 31 heavy (non-hydrogen) atoms. The molecule has 1 amide bonds. The number of hydrogen-bond acceptors (Lipinski definition) is 6. The average molecular weight is 482 g/mol. The third-order valence-corrected chi connectivity index (χ3v) is 4.81. The Kier molecular flexibility index (Phi) is 7.46. The molecule has 0 fully saturated rings. The van der Waals surface area contributed by atoms with Crippen molar-refractivity contribution in [1.29, 1.82) is 5.26 Å². The number of nitriles is 1. The van der Waals surface area contributed by atoms with Crippen LogP contribution in [0.1, 0.15) is 16.9 Å². The van der Waals surface area contributed by atoms with E-state index in [-0.39, 0.29) is 11.4 Å². The summed E-state index contributed by atoms with van der Waals surface area (Å²) in [6, 6.07) is 16.5. The lowest BCUT2D eigenvalue weighted by Crippen LogP contribution is -2.13. The van der Waals surface area contributed by atoms with Gasteiger partial charge in [-0.05, 0) is 65.2 Å². The molecule has 0 aliphatic rings. The number of ether oxygens (including phenoxy) is 2. The molecular formula is C23H20BrN3O4. The minimum absolute atomic E-state index is 0.0622. The van der Waals surface area contributed by atoms with Crippen molar-refractivity contribution in [3.63, 3.8) is 0 Å². The van der Waals surface area contributed by atoms with Crippen molar-refractivity contribution >= 4 is 33.7 Å². The summed E-state index contributed by atoms with van der Waals surface area (Å²) in [7, 11) is 0. The van der Waals surface area contributed by atoms with Crippen LogP contribution in [0.3, 0.4) is 0 Å². The molecule has 0 spiro atoms. The van der Waals surface area contributed by atoms with Gasteiger partial charge >= 0.3 is 0 Å². The topological polar surface area (TPSA) is 97.4 Å². The van der Waals surface area contributed by atoms with E-state index in [0.29, 0.717) is 34.8 Å². The normalized spacial score (nSPS) is 11.0. The molecule has 1 N–H and O–H groups in total. The largest absolute Gasteiger partial charge is 0.490 e. The highest BCUT2D eigenvalue weighted by atomic mass is 79.9. The van der Waals surface area contributed by atoms with Crippen molar-refractivity contribution in [2.75, 3.05) is 18.5 Å². The molecule has 0 unspecified atom stereocenters. The Balaban J connectivity index is 1.59. The highest BCUT2D eigenvalue weighted by Gasteiger charge is 2.12. The molecule has 2 aromatic carbocycles. The van der Waals surface area contributed by atoms with E-state index < -0.39 is 5.91 Å². The number of para-hydroxylation sites is 1. The summed E-state index contributed by atoms with van der Waals surface area (Å²) in [5.41, 5.74) is 1.67. The van der Waals surface area contributed by atoms with Crippen LogP contribution >= 0.6 is 15.9 Å². The Hall–Kier alpha value is -3.57. The van der Waals surface area contributed by atoms with E-state index >= 15 is 0 Å². The van der Waals surface area contributed by atoms with Gasteiger partial charge in [-0.1, -0.05) is 29.4 Å². The zero-order valence-corrected chi connectivity index (χ0v) is 18.6. The molecule has 7 nitrogen and oxygen atoms in total. The molecule has 0 aliphatic heterocycles. The van der Waals surface area contributed by atoms with Crippen LogP contribution in [0.15, 0.2) is 63.1 Å². The number of hydrogen-bond donors (Lipinski definition) is 1. The number of amides is 1. The maximum absolute atomic E-state index is 12.3. The molecule has 0 aliphatic carbocycles. The van der Waals surface area contributed by atoms with Gasteiger partial charge in [0.1, 0.15) is 42.1 Å². The molecule has 0 saturated heterocycles. The van der Waals surface area contributed by atoms with Crippen LogP contribution in [0.2, 0.25) is 0 Å². The minimum atomic E-state index is -0.569. The quantitative estimate of drug-likeness (QED) is 0.274. The van der Waals surface area contributed by atoms with Crippen molar-refractivity contribution in [2.24, 2.45) is 0 Å². The Morgan fingerprint density at radius 2 is 1.90 bits per heavy atom. The lowest BCUT2D eigenvalue weighted by atomic mass is 10.1. The molecule has 3 aromatic rings. The summed E-state index contributed by atoms with van der Waals surface area (Å²) >= 11 is 3.46. The molecule has 0 atom stereocenters. The summed E-state index contributed by atoms with van der Waals surface area (Å²) in [6.07, 6.45) is 1.48. The second kappa shape index (κ2) is 10.5. The third-order valence-electron chi connectivity index (χ3n) is 4.19. The van der Waals surface area contributed by atoms with Gasteiger partial charge < -0.3 is 19.3 Å². The number of nitrogens with zero attached hydrogens (tertiary/aromatic N) is 2. The van der Waals surface area contributed by atoms with Gasteiger partial charge in [-0.25, -0.2) is 0 Å². The fourth-order valence-corrected chi connectivity index (χ4v) is 3.18. The Morgan fingerprint density at radius 3 is 2.55 bits per heavy atom. The molecule has 158 valence electrons.